The molecule has 1 fully saturated rings. The molecule has 19 heavy (non-hydrogen) atoms. The van der Waals surface area contributed by atoms with E-state index in [0.29, 0.717) is 12.0 Å². The van der Waals surface area contributed by atoms with Crippen LogP contribution in [0.2, 0.25) is 0 Å². The molecule has 2 nitrogen and oxygen atoms in total. The van der Waals surface area contributed by atoms with Gasteiger partial charge in [-0.05, 0) is 49.7 Å². The van der Waals surface area contributed by atoms with E-state index in [0.717, 1.165) is 23.0 Å². The smallest absolute Gasteiger partial charge is 0.261 e. The van der Waals surface area contributed by atoms with E-state index in [1.807, 2.05) is 0 Å². The molecular formula is C15H20BrNOS. The van der Waals surface area contributed by atoms with Gasteiger partial charge in [0.1, 0.15) is 0 Å². The molecule has 1 saturated carbocycles. The van der Waals surface area contributed by atoms with E-state index in [-0.39, 0.29) is 5.91 Å². The number of halogens is 1. The Labute approximate surface area is 127 Å². The maximum Gasteiger partial charge on any atom is 0.261 e. The first-order valence-electron chi connectivity index (χ1n) is 7.26. The number of carbonyl (C=O) groups excluding carboxylic acids is 1. The lowest BCUT2D eigenvalue weighted by Gasteiger charge is -2.30. The average Bonchev–Trinajstić information content (AvgIpc) is 3.00. The van der Waals surface area contributed by atoms with E-state index >= 15 is 0 Å². The van der Waals surface area contributed by atoms with Gasteiger partial charge in [0.05, 0.1) is 4.88 Å². The first-order chi connectivity index (χ1) is 9.28. The van der Waals surface area contributed by atoms with Crippen LogP contribution in [0.15, 0.2) is 6.07 Å². The van der Waals surface area contributed by atoms with E-state index < -0.39 is 0 Å². The van der Waals surface area contributed by atoms with Crippen LogP contribution in [0.4, 0.5) is 0 Å². The van der Waals surface area contributed by atoms with Crippen molar-refractivity contribution in [2.24, 2.45) is 5.92 Å². The van der Waals surface area contributed by atoms with E-state index in [4.69, 9.17) is 0 Å². The third-order valence-corrected chi connectivity index (χ3v) is 6.46. The standard InChI is InChI=1S/C15H20BrNOS/c16-9-11-4-1-2-6-12(11)17-15(18)14-8-10-5-3-7-13(10)19-14/h8,11-12H,1-7,9H2,(H,17,18). The van der Waals surface area contributed by atoms with Gasteiger partial charge >= 0.3 is 0 Å². The Morgan fingerprint density at radius 1 is 1.32 bits per heavy atom. The van der Waals surface area contributed by atoms with Crippen LogP contribution < -0.4 is 5.32 Å². The fourth-order valence-electron chi connectivity index (χ4n) is 3.26. The molecule has 1 heterocycles. The van der Waals surface area contributed by atoms with Crippen LogP contribution in [-0.2, 0) is 12.8 Å². The minimum Gasteiger partial charge on any atom is -0.348 e. The molecule has 3 rings (SSSR count). The summed E-state index contributed by atoms with van der Waals surface area (Å²) in [5, 5.41) is 4.27. The lowest BCUT2D eigenvalue weighted by atomic mass is 9.86. The van der Waals surface area contributed by atoms with Crippen molar-refractivity contribution < 1.29 is 4.79 Å². The SMILES string of the molecule is O=C(NC1CCCCC1CBr)c1cc2c(s1)CCC2. The minimum atomic E-state index is 0.150. The van der Waals surface area contributed by atoms with Gasteiger partial charge in [-0.25, -0.2) is 0 Å². The van der Waals surface area contributed by atoms with Crippen molar-refractivity contribution in [2.45, 2.75) is 51.0 Å². The van der Waals surface area contributed by atoms with E-state index in [1.54, 1.807) is 11.3 Å². The first kappa shape index (κ1) is 13.6. The van der Waals surface area contributed by atoms with Crippen molar-refractivity contribution in [3.8, 4) is 0 Å². The molecule has 1 amide bonds. The fraction of sp³-hybridized carbons (Fsp3) is 0.667. The summed E-state index contributed by atoms with van der Waals surface area (Å²) in [6, 6.07) is 2.48. The van der Waals surface area contributed by atoms with Gasteiger partial charge in [0.15, 0.2) is 0 Å². The number of carbonyl (C=O) groups is 1. The monoisotopic (exact) mass is 341 g/mol. The predicted molar refractivity (Wildman–Crippen MR) is 83.4 cm³/mol. The van der Waals surface area contributed by atoms with Crippen molar-refractivity contribution in [3.63, 3.8) is 0 Å². The third-order valence-electron chi connectivity index (χ3n) is 4.39. The largest absolute Gasteiger partial charge is 0.348 e. The average molecular weight is 342 g/mol. The van der Waals surface area contributed by atoms with Gasteiger partial charge in [0, 0.05) is 16.2 Å². The molecule has 2 aliphatic rings. The highest BCUT2D eigenvalue weighted by atomic mass is 79.9. The summed E-state index contributed by atoms with van der Waals surface area (Å²) >= 11 is 5.29. The normalized spacial score (nSPS) is 26.2. The Morgan fingerprint density at radius 2 is 2.16 bits per heavy atom. The zero-order valence-electron chi connectivity index (χ0n) is 11.1. The Bertz CT molecular complexity index is 449. The van der Waals surface area contributed by atoms with Crippen molar-refractivity contribution in [1.29, 1.82) is 0 Å². The van der Waals surface area contributed by atoms with Crippen molar-refractivity contribution in [1.82, 2.24) is 5.32 Å². The number of aryl methyl sites for hydroxylation is 2. The number of hydrogen-bond acceptors (Lipinski definition) is 2. The number of hydrogen-bond donors (Lipinski definition) is 1. The molecule has 0 spiro atoms. The summed E-state index contributed by atoms with van der Waals surface area (Å²) in [5.41, 5.74) is 1.41. The molecule has 0 radical (unpaired) electrons. The van der Waals surface area contributed by atoms with E-state index in [2.05, 4.69) is 27.3 Å². The number of alkyl halides is 1. The molecule has 1 aromatic heterocycles. The summed E-state index contributed by atoms with van der Waals surface area (Å²) in [7, 11) is 0. The molecule has 0 bridgehead atoms. The van der Waals surface area contributed by atoms with Crippen molar-refractivity contribution >= 4 is 33.2 Å². The van der Waals surface area contributed by atoms with Gasteiger partial charge < -0.3 is 5.32 Å². The molecule has 104 valence electrons. The number of nitrogens with one attached hydrogen (secondary N) is 1. The summed E-state index contributed by atoms with van der Waals surface area (Å²) in [6.45, 7) is 0. The van der Waals surface area contributed by atoms with Crippen molar-refractivity contribution in [3.05, 3.63) is 21.4 Å². The van der Waals surface area contributed by atoms with Crippen LogP contribution in [-0.4, -0.2) is 17.3 Å². The molecule has 1 N–H and O–H groups in total. The van der Waals surface area contributed by atoms with Gasteiger partial charge in [-0.1, -0.05) is 28.8 Å². The Balaban J connectivity index is 1.66. The zero-order valence-corrected chi connectivity index (χ0v) is 13.5. The lowest BCUT2D eigenvalue weighted by Crippen LogP contribution is -2.42. The lowest BCUT2D eigenvalue weighted by molar-refractivity contribution is 0.0916. The summed E-state index contributed by atoms with van der Waals surface area (Å²) in [6.07, 6.45) is 8.50. The quantitative estimate of drug-likeness (QED) is 0.829. The first-order valence-corrected chi connectivity index (χ1v) is 9.20. The van der Waals surface area contributed by atoms with Crippen molar-refractivity contribution in [2.75, 3.05) is 5.33 Å². The van der Waals surface area contributed by atoms with E-state index in [1.165, 1.54) is 42.5 Å². The molecule has 0 aromatic carbocycles. The van der Waals surface area contributed by atoms with Gasteiger partial charge in [-0.15, -0.1) is 11.3 Å². The Morgan fingerprint density at radius 3 is 2.95 bits per heavy atom. The number of amides is 1. The van der Waals surface area contributed by atoms with E-state index in [9.17, 15) is 4.79 Å². The highest BCUT2D eigenvalue weighted by Gasteiger charge is 2.27. The molecule has 0 saturated heterocycles. The summed E-state index contributed by atoms with van der Waals surface area (Å²) in [5.74, 6) is 0.752. The van der Waals surface area contributed by atoms with Crippen LogP contribution >= 0.6 is 27.3 Å². The van der Waals surface area contributed by atoms with Crippen LogP contribution in [0.25, 0.3) is 0 Å². The molecule has 2 aliphatic carbocycles. The fourth-order valence-corrected chi connectivity index (χ4v) is 5.19. The predicted octanol–water partition coefficient (Wildman–Crippen LogP) is 3.92. The summed E-state index contributed by atoms with van der Waals surface area (Å²) < 4.78 is 0. The zero-order chi connectivity index (χ0) is 13.2. The highest BCUT2D eigenvalue weighted by molar-refractivity contribution is 9.09. The van der Waals surface area contributed by atoms with Gasteiger partial charge in [0.2, 0.25) is 0 Å². The van der Waals surface area contributed by atoms with Gasteiger partial charge in [-0.3, -0.25) is 4.79 Å². The molecule has 0 aliphatic heterocycles. The summed E-state index contributed by atoms with van der Waals surface area (Å²) in [4.78, 5) is 14.7. The second kappa shape index (κ2) is 5.96. The maximum absolute atomic E-state index is 12.4. The van der Waals surface area contributed by atoms with Crippen LogP contribution in [0.1, 0.15) is 52.2 Å². The second-order valence-electron chi connectivity index (χ2n) is 5.69. The van der Waals surface area contributed by atoms with Gasteiger partial charge in [-0.2, -0.15) is 0 Å². The topological polar surface area (TPSA) is 29.1 Å². The van der Waals surface area contributed by atoms with Crippen LogP contribution in [0.3, 0.4) is 0 Å². The molecule has 2 unspecified atom stereocenters. The minimum absolute atomic E-state index is 0.150. The Hall–Kier alpha value is -0.350. The number of thiophene rings is 1. The molecule has 2 atom stereocenters. The van der Waals surface area contributed by atoms with Crippen LogP contribution in [0, 0.1) is 5.92 Å². The molecule has 1 aromatic rings. The highest BCUT2D eigenvalue weighted by Crippen LogP contribution is 2.31. The maximum atomic E-state index is 12.4. The van der Waals surface area contributed by atoms with Crippen LogP contribution in [0.5, 0.6) is 0 Å². The number of fused-ring (bicyclic) bond motifs is 1. The number of rotatable bonds is 3. The van der Waals surface area contributed by atoms with Gasteiger partial charge in [0.25, 0.3) is 5.91 Å². The second-order valence-corrected chi connectivity index (χ2v) is 7.48. The third kappa shape index (κ3) is 2.89. The Kier molecular flexibility index (Phi) is 4.27. The molecular weight excluding hydrogens is 322 g/mol. The molecule has 4 heteroatoms.